The van der Waals surface area contributed by atoms with E-state index >= 15 is 0 Å². The van der Waals surface area contributed by atoms with Crippen molar-refractivity contribution in [1.82, 2.24) is 14.9 Å². The van der Waals surface area contributed by atoms with Gasteiger partial charge in [-0.15, -0.1) is 0 Å². The van der Waals surface area contributed by atoms with Crippen molar-refractivity contribution in [2.45, 2.75) is 20.3 Å². The van der Waals surface area contributed by atoms with Crippen molar-refractivity contribution < 1.29 is 0 Å². The smallest absolute Gasteiger partial charge is 0.107 e. The lowest BCUT2D eigenvalue weighted by atomic mass is 10.3. The predicted molar refractivity (Wildman–Crippen MR) is 50.1 cm³/mol. The average Bonchev–Trinajstić information content (AvgIpc) is 2.59. The maximum atomic E-state index is 4.17. The first-order valence-electron chi connectivity index (χ1n) is 4.57. The highest BCUT2D eigenvalue weighted by Gasteiger charge is 2.00. The van der Waals surface area contributed by atoms with Gasteiger partial charge in [0.15, 0.2) is 0 Å². The number of aromatic amines is 1. The topological polar surface area (TPSA) is 31.9 Å². The van der Waals surface area contributed by atoms with Gasteiger partial charge in [0.2, 0.25) is 0 Å². The number of aromatic nitrogens is 2. The van der Waals surface area contributed by atoms with Crippen molar-refractivity contribution in [2.75, 3.05) is 19.6 Å². The summed E-state index contributed by atoms with van der Waals surface area (Å²) in [7, 11) is 0. The van der Waals surface area contributed by atoms with E-state index in [1.54, 1.807) is 6.20 Å². The molecule has 1 rings (SSSR count). The molecule has 0 fully saturated rings. The molecule has 0 aliphatic rings. The first-order chi connectivity index (χ1) is 5.86. The number of H-pyrrole nitrogens is 1. The van der Waals surface area contributed by atoms with Crippen molar-refractivity contribution in [2.24, 2.45) is 0 Å². The van der Waals surface area contributed by atoms with Gasteiger partial charge in [-0.25, -0.2) is 4.98 Å². The molecular formula is C9H17N3. The van der Waals surface area contributed by atoms with E-state index in [1.165, 1.54) is 0 Å². The molecule has 3 heteroatoms. The van der Waals surface area contributed by atoms with E-state index in [0.717, 1.165) is 31.9 Å². The number of hydrogen-bond acceptors (Lipinski definition) is 2. The van der Waals surface area contributed by atoms with Crippen LogP contribution in [0.1, 0.15) is 19.7 Å². The van der Waals surface area contributed by atoms with Gasteiger partial charge in [-0.3, -0.25) is 0 Å². The fourth-order valence-electron chi connectivity index (χ4n) is 1.24. The van der Waals surface area contributed by atoms with Crippen LogP contribution >= 0.6 is 0 Å². The summed E-state index contributed by atoms with van der Waals surface area (Å²) in [5.74, 6) is 1.09. The van der Waals surface area contributed by atoms with Crippen LogP contribution < -0.4 is 0 Å². The average molecular weight is 167 g/mol. The monoisotopic (exact) mass is 167 g/mol. The highest BCUT2D eigenvalue weighted by atomic mass is 15.1. The van der Waals surface area contributed by atoms with Gasteiger partial charge < -0.3 is 9.88 Å². The molecule has 0 spiro atoms. The molecule has 1 heterocycles. The molecule has 3 nitrogen and oxygen atoms in total. The Bertz CT molecular complexity index is 190. The zero-order chi connectivity index (χ0) is 8.81. The van der Waals surface area contributed by atoms with E-state index in [9.17, 15) is 0 Å². The molecule has 0 bridgehead atoms. The zero-order valence-electron chi connectivity index (χ0n) is 7.88. The summed E-state index contributed by atoms with van der Waals surface area (Å²) in [4.78, 5) is 9.67. The maximum Gasteiger partial charge on any atom is 0.107 e. The van der Waals surface area contributed by atoms with Crippen LogP contribution in [0.2, 0.25) is 0 Å². The van der Waals surface area contributed by atoms with Crippen molar-refractivity contribution in [3.8, 4) is 0 Å². The molecule has 1 aromatic heterocycles. The third-order valence-electron chi connectivity index (χ3n) is 2.11. The highest BCUT2D eigenvalue weighted by Crippen LogP contribution is 1.93. The van der Waals surface area contributed by atoms with Crippen molar-refractivity contribution in [1.29, 1.82) is 0 Å². The lowest BCUT2D eigenvalue weighted by Gasteiger charge is -2.16. The SMILES string of the molecule is CCN(CC)CCc1ncc[nH]1. The minimum Gasteiger partial charge on any atom is -0.349 e. The highest BCUT2D eigenvalue weighted by molar-refractivity contribution is 4.87. The Morgan fingerprint density at radius 2 is 2.17 bits per heavy atom. The van der Waals surface area contributed by atoms with Crippen molar-refractivity contribution in [3.05, 3.63) is 18.2 Å². The van der Waals surface area contributed by atoms with Crippen LogP contribution in [-0.2, 0) is 6.42 Å². The quantitative estimate of drug-likeness (QED) is 0.716. The Morgan fingerprint density at radius 1 is 1.42 bits per heavy atom. The van der Waals surface area contributed by atoms with Crippen LogP contribution in [0.25, 0.3) is 0 Å². The Balaban J connectivity index is 2.25. The van der Waals surface area contributed by atoms with Gasteiger partial charge in [0.05, 0.1) is 0 Å². The molecule has 68 valence electrons. The number of likely N-dealkylation sites (N-methyl/N-ethyl adjacent to an activating group) is 1. The summed E-state index contributed by atoms with van der Waals surface area (Å²) >= 11 is 0. The summed E-state index contributed by atoms with van der Waals surface area (Å²) in [6, 6.07) is 0. The van der Waals surface area contributed by atoms with E-state index < -0.39 is 0 Å². The maximum absolute atomic E-state index is 4.17. The van der Waals surface area contributed by atoms with E-state index in [2.05, 4.69) is 28.7 Å². The molecule has 0 aromatic carbocycles. The molecule has 1 aromatic rings. The lowest BCUT2D eigenvalue weighted by molar-refractivity contribution is 0.306. The Morgan fingerprint density at radius 3 is 2.67 bits per heavy atom. The Hall–Kier alpha value is -0.830. The Kier molecular flexibility index (Phi) is 3.80. The van der Waals surface area contributed by atoms with Gasteiger partial charge in [0, 0.05) is 25.4 Å². The van der Waals surface area contributed by atoms with Crippen molar-refractivity contribution in [3.63, 3.8) is 0 Å². The number of nitrogens with zero attached hydrogens (tertiary/aromatic N) is 2. The number of rotatable bonds is 5. The summed E-state index contributed by atoms with van der Waals surface area (Å²) in [5.41, 5.74) is 0. The van der Waals surface area contributed by atoms with E-state index in [4.69, 9.17) is 0 Å². The number of imidazole rings is 1. The molecule has 0 saturated carbocycles. The van der Waals surface area contributed by atoms with Gasteiger partial charge in [-0.05, 0) is 13.1 Å². The molecule has 0 saturated heterocycles. The van der Waals surface area contributed by atoms with Gasteiger partial charge >= 0.3 is 0 Å². The minimum absolute atomic E-state index is 1.02. The van der Waals surface area contributed by atoms with Gasteiger partial charge in [-0.2, -0.15) is 0 Å². The third kappa shape index (κ3) is 2.66. The molecule has 0 unspecified atom stereocenters. The first kappa shape index (κ1) is 9.26. The van der Waals surface area contributed by atoms with Crippen LogP contribution in [0.3, 0.4) is 0 Å². The van der Waals surface area contributed by atoms with Gasteiger partial charge in [-0.1, -0.05) is 13.8 Å². The molecule has 0 atom stereocenters. The molecule has 0 radical (unpaired) electrons. The molecule has 1 N–H and O–H groups in total. The molecule has 0 amide bonds. The standard InChI is InChI=1S/C9H17N3/c1-3-12(4-2)8-5-9-10-6-7-11-9/h6-7H,3-5,8H2,1-2H3,(H,10,11). The molecule has 0 aliphatic carbocycles. The molecule has 0 aliphatic heterocycles. The van der Waals surface area contributed by atoms with E-state index in [0.29, 0.717) is 0 Å². The van der Waals surface area contributed by atoms with Crippen molar-refractivity contribution >= 4 is 0 Å². The van der Waals surface area contributed by atoms with Crippen LogP contribution in [0, 0.1) is 0 Å². The number of nitrogens with one attached hydrogen (secondary N) is 1. The van der Waals surface area contributed by atoms with Gasteiger partial charge in [0.25, 0.3) is 0 Å². The second kappa shape index (κ2) is 4.93. The van der Waals surface area contributed by atoms with Crippen LogP contribution in [0.4, 0.5) is 0 Å². The summed E-state index contributed by atoms with van der Waals surface area (Å²) in [6.07, 6.45) is 4.70. The molecule has 12 heavy (non-hydrogen) atoms. The lowest BCUT2D eigenvalue weighted by Crippen LogP contribution is -2.25. The predicted octanol–water partition coefficient (Wildman–Crippen LogP) is 1.29. The zero-order valence-corrected chi connectivity index (χ0v) is 7.88. The summed E-state index contributed by atoms with van der Waals surface area (Å²) in [5, 5.41) is 0. The second-order valence-corrected chi connectivity index (χ2v) is 2.81. The fourth-order valence-corrected chi connectivity index (χ4v) is 1.24. The molecular weight excluding hydrogens is 150 g/mol. The Labute approximate surface area is 73.8 Å². The number of hydrogen-bond donors (Lipinski definition) is 1. The normalized spacial score (nSPS) is 10.9. The summed E-state index contributed by atoms with van der Waals surface area (Å²) < 4.78 is 0. The van der Waals surface area contributed by atoms with Crippen LogP contribution in [0.5, 0.6) is 0 Å². The van der Waals surface area contributed by atoms with E-state index in [1.807, 2.05) is 6.20 Å². The largest absolute Gasteiger partial charge is 0.349 e. The van der Waals surface area contributed by atoms with Crippen LogP contribution in [-0.4, -0.2) is 34.5 Å². The first-order valence-corrected chi connectivity index (χ1v) is 4.57. The van der Waals surface area contributed by atoms with Gasteiger partial charge in [0.1, 0.15) is 5.82 Å². The summed E-state index contributed by atoms with van der Waals surface area (Å²) in [6.45, 7) is 7.71. The minimum atomic E-state index is 1.02. The van der Waals surface area contributed by atoms with Crippen LogP contribution in [0.15, 0.2) is 12.4 Å². The van der Waals surface area contributed by atoms with E-state index in [-0.39, 0.29) is 0 Å². The fraction of sp³-hybridized carbons (Fsp3) is 0.667. The second-order valence-electron chi connectivity index (χ2n) is 2.81. The third-order valence-corrected chi connectivity index (χ3v) is 2.11.